The zero-order valence-electron chi connectivity index (χ0n) is 11.7. The number of nitrogens with one attached hydrogen (secondary N) is 1. The lowest BCUT2D eigenvalue weighted by molar-refractivity contribution is 1.01. The monoisotopic (exact) mass is 334 g/mol. The Morgan fingerprint density at radius 1 is 1.24 bits per heavy atom. The van der Waals surface area contributed by atoms with Gasteiger partial charge in [0.25, 0.3) is 0 Å². The predicted molar refractivity (Wildman–Crippen MR) is 90.8 cm³/mol. The average Bonchev–Trinajstić information content (AvgIpc) is 3.06. The molecule has 0 aliphatic rings. The van der Waals surface area contributed by atoms with Crippen LogP contribution < -0.4 is 5.32 Å². The molecule has 0 saturated heterocycles. The van der Waals surface area contributed by atoms with E-state index < -0.39 is 0 Å². The molecule has 0 saturated carbocycles. The first-order chi connectivity index (χ1) is 10.2. The number of hydrogen-bond donors (Lipinski definition) is 1. The summed E-state index contributed by atoms with van der Waals surface area (Å²) in [5.74, 6) is 0.837. The van der Waals surface area contributed by atoms with Crippen molar-refractivity contribution in [2.24, 2.45) is 0 Å². The maximum atomic E-state index is 4.45. The molecular formula is C14H14N4S3. The van der Waals surface area contributed by atoms with E-state index in [0.29, 0.717) is 0 Å². The molecule has 0 spiro atoms. The van der Waals surface area contributed by atoms with Gasteiger partial charge in [-0.2, -0.15) is 0 Å². The highest BCUT2D eigenvalue weighted by atomic mass is 32.2. The highest BCUT2D eigenvalue weighted by Crippen LogP contribution is 2.30. The third-order valence-electron chi connectivity index (χ3n) is 2.69. The van der Waals surface area contributed by atoms with E-state index in [0.717, 1.165) is 31.6 Å². The molecule has 1 N–H and O–H groups in total. The molecule has 3 aromatic rings. The number of aryl methyl sites for hydroxylation is 2. The first-order valence-electron chi connectivity index (χ1n) is 6.40. The molecule has 0 atom stereocenters. The number of thioether (sulfide) groups is 1. The van der Waals surface area contributed by atoms with Crippen LogP contribution in [0.25, 0.3) is 0 Å². The molecule has 0 bridgehead atoms. The summed E-state index contributed by atoms with van der Waals surface area (Å²) in [6, 6.07) is 8.22. The Morgan fingerprint density at radius 2 is 2.14 bits per heavy atom. The lowest BCUT2D eigenvalue weighted by Gasteiger charge is -2.01. The maximum Gasteiger partial charge on any atom is 0.210 e. The van der Waals surface area contributed by atoms with Gasteiger partial charge in [0.05, 0.1) is 10.7 Å². The van der Waals surface area contributed by atoms with E-state index in [-0.39, 0.29) is 0 Å². The van der Waals surface area contributed by atoms with Gasteiger partial charge in [-0.1, -0.05) is 35.2 Å². The standard InChI is InChI=1S/C14H14N4S3/c1-9-4-3-5-11(6-9)16-13-17-18-14(21-13)20-8-12-7-19-10(2)15-12/h3-7H,8H2,1-2H3,(H,16,17). The zero-order valence-corrected chi connectivity index (χ0v) is 14.1. The van der Waals surface area contributed by atoms with Crippen LogP contribution in [0.5, 0.6) is 0 Å². The third kappa shape index (κ3) is 4.03. The van der Waals surface area contributed by atoms with E-state index in [4.69, 9.17) is 0 Å². The molecule has 0 aliphatic heterocycles. The van der Waals surface area contributed by atoms with Gasteiger partial charge in [-0.3, -0.25) is 0 Å². The van der Waals surface area contributed by atoms with E-state index in [1.807, 2.05) is 19.1 Å². The molecule has 0 aliphatic carbocycles. The van der Waals surface area contributed by atoms with Crippen molar-refractivity contribution < 1.29 is 0 Å². The number of anilines is 2. The molecule has 21 heavy (non-hydrogen) atoms. The van der Waals surface area contributed by atoms with Gasteiger partial charge in [-0.15, -0.1) is 21.5 Å². The number of thiazole rings is 1. The SMILES string of the molecule is Cc1cccc(Nc2nnc(SCc3csc(C)n3)s2)c1. The van der Waals surface area contributed by atoms with Gasteiger partial charge in [0.15, 0.2) is 4.34 Å². The van der Waals surface area contributed by atoms with Crippen LogP contribution in [-0.4, -0.2) is 15.2 Å². The summed E-state index contributed by atoms with van der Waals surface area (Å²) < 4.78 is 0.954. The van der Waals surface area contributed by atoms with Gasteiger partial charge in [0, 0.05) is 16.8 Å². The van der Waals surface area contributed by atoms with Crippen molar-refractivity contribution >= 4 is 45.3 Å². The molecule has 108 valence electrons. The van der Waals surface area contributed by atoms with Crippen molar-refractivity contribution in [3.05, 3.63) is 45.9 Å². The van der Waals surface area contributed by atoms with E-state index in [1.165, 1.54) is 5.56 Å². The molecule has 4 nitrogen and oxygen atoms in total. The normalized spacial score (nSPS) is 10.8. The van der Waals surface area contributed by atoms with Crippen LogP contribution in [-0.2, 0) is 5.75 Å². The maximum absolute atomic E-state index is 4.45. The fourth-order valence-corrected chi connectivity index (χ4v) is 4.16. The lowest BCUT2D eigenvalue weighted by Crippen LogP contribution is -1.89. The van der Waals surface area contributed by atoms with Crippen LogP contribution in [0.1, 0.15) is 16.3 Å². The van der Waals surface area contributed by atoms with Gasteiger partial charge in [-0.05, 0) is 31.5 Å². The minimum Gasteiger partial charge on any atom is -0.330 e. The van der Waals surface area contributed by atoms with Crippen LogP contribution in [0.3, 0.4) is 0 Å². The molecule has 0 radical (unpaired) electrons. The molecule has 0 fully saturated rings. The van der Waals surface area contributed by atoms with Crippen LogP contribution in [0.4, 0.5) is 10.8 Å². The highest BCUT2D eigenvalue weighted by Gasteiger charge is 2.07. The summed E-state index contributed by atoms with van der Waals surface area (Å²) in [7, 11) is 0. The second-order valence-electron chi connectivity index (χ2n) is 4.51. The molecule has 2 aromatic heterocycles. The summed E-state index contributed by atoms with van der Waals surface area (Å²) in [6.45, 7) is 4.09. The smallest absolute Gasteiger partial charge is 0.210 e. The lowest BCUT2D eigenvalue weighted by atomic mass is 10.2. The van der Waals surface area contributed by atoms with Crippen LogP contribution in [0.2, 0.25) is 0 Å². The van der Waals surface area contributed by atoms with Crippen molar-refractivity contribution in [1.29, 1.82) is 0 Å². The minimum absolute atomic E-state index is 0.817. The Balaban J connectivity index is 1.61. The summed E-state index contributed by atoms with van der Waals surface area (Å²) in [5, 5.41) is 15.7. The number of hydrogen-bond acceptors (Lipinski definition) is 7. The average molecular weight is 334 g/mol. The zero-order chi connectivity index (χ0) is 14.7. The van der Waals surface area contributed by atoms with E-state index in [2.05, 4.69) is 44.9 Å². The Hall–Kier alpha value is -1.44. The molecule has 7 heteroatoms. The second kappa shape index (κ2) is 6.55. The largest absolute Gasteiger partial charge is 0.330 e. The van der Waals surface area contributed by atoms with E-state index in [1.54, 1.807) is 34.4 Å². The molecule has 0 amide bonds. The summed E-state index contributed by atoms with van der Waals surface area (Å²) in [4.78, 5) is 4.45. The van der Waals surface area contributed by atoms with Gasteiger partial charge in [-0.25, -0.2) is 4.98 Å². The fraction of sp³-hybridized carbons (Fsp3) is 0.214. The number of rotatable bonds is 5. The first kappa shape index (κ1) is 14.5. The number of nitrogens with zero attached hydrogens (tertiary/aromatic N) is 3. The summed E-state index contributed by atoms with van der Waals surface area (Å²) >= 11 is 4.91. The highest BCUT2D eigenvalue weighted by molar-refractivity contribution is 8.00. The molecule has 2 heterocycles. The van der Waals surface area contributed by atoms with Gasteiger partial charge in [0.1, 0.15) is 0 Å². The molecule has 3 rings (SSSR count). The fourth-order valence-electron chi connectivity index (χ4n) is 1.78. The van der Waals surface area contributed by atoms with Crippen LogP contribution >= 0.6 is 34.4 Å². The predicted octanol–water partition coefficient (Wildman–Crippen LogP) is 4.65. The van der Waals surface area contributed by atoms with Crippen molar-refractivity contribution in [2.75, 3.05) is 5.32 Å². The quantitative estimate of drug-likeness (QED) is 0.688. The number of aromatic nitrogens is 3. The van der Waals surface area contributed by atoms with Crippen LogP contribution in [0, 0.1) is 13.8 Å². The van der Waals surface area contributed by atoms with Crippen molar-refractivity contribution in [1.82, 2.24) is 15.2 Å². The topological polar surface area (TPSA) is 50.7 Å². The molecular weight excluding hydrogens is 320 g/mol. The summed E-state index contributed by atoms with van der Waals surface area (Å²) in [6.07, 6.45) is 0. The summed E-state index contributed by atoms with van der Waals surface area (Å²) in [5.41, 5.74) is 3.36. The van der Waals surface area contributed by atoms with Crippen LogP contribution in [0.15, 0.2) is 34.0 Å². The Kier molecular flexibility index (Phi) is 4.52. The minimum atomic E-state index is 0.817. The molecule has 1 aromatic carbocycles. The van der Waals surface area contributed by atoms with Gasteiger partial charge in [0.2, 0.25) is 5.13 Å². The Labute approximate surface area is 135 Å². The second-order valence-corrected chi connectivity index (χ2v) is 7.78. The van der Waals surface area contributed by atoms with E-state index >= 15 is 0 Å². The third-order valence-corrected chi connectivity index (χ3v) is 5.51. The number of benzene rings is 1. The molecule has 0 unspecified atom stereocenters. The van der Waals surface area contributed by atoms with Gasteiger partial charge < -0.3 is 5.32 Å². The van der Waals surface area contributed by atoms with Gasteiger partial charge >= 0.3 is 0 Å². The van der Waals surface area contributed by atoms with E-state index in [9.17, 15) is 0 Å². The Bertz CT molecular complexity index is 735. The van der Waals surface area contributed by atoms with Crippen molar-refractivity contribution in [3.63, 3.8) is 0 Å². The first-order valence-corrected chi connectivity index (χ1v) is 9.08. The Morgan fingerprint density at radius 3 is 2.90 bits per heavy atom. The van der Waals surface area contributed by atoms with Crippen molar-refractivity contribution in [2.45, 2.75) is 23.9 Å². The van der Waals surface area contributed by atoms with Crippen molar-refractivity contribution in [3.8, 4) is 0 Å².